The summed E-state index contributed by atoms with van der Waals surface area (Å²) in [6, 6.07) is 12.6. The molecule has 0 saturated carbocycles. The molecule has 10 heteroatoms. The first-order chi connectivity index (χ1) is 12.8. The number of aromatic hydroxyl groups is 1. The zero-order valence-electron chi connectivity index (χ0n) is 13.9. The van der Waals surface area contributed by atoms with E-state index in [0.717, 1.165) is 14.7 Å². The van der Waals surface area contributed by atoms with E-state index in [9.17, 15) is 18.1 Å². The highest BCUT2D eigenvalue weighted by Gasteiger charge is 2.06. The van der Waals surface area contributed by atoms with Crippen LogP contribution in [0.1, 0.15) is 12.0 Å². The van der Waals surface area contributed by atoms with Crippen molar-refractivity contribution in [3.63, 3.8) is 0 Å². The van der Waals surface area contributed by atoms with Crippen molar-refractivity contribution >= 4 is 53.8 Å². The average molecular weight is 469 g/mol. The number of aryl methyl sites for hydroxylation is 1. The summed E-state index contributed by atoms with van der Waals surface area (Å²) in [6.07, 6.45) is 1.63. The number of para-hydroxylation sites is 1. The fraction of sp³-hybridized carbons (Fsp3) is 0.176. The third kappa shape index (κ3) is 5.25. The summed E-state index contributed by atoms with van der Waals surface area (Å²) < 4.78 is 36.2. The van der Waals surface area contributed by atoms with Crippen LogP contribution in [0.4, 0.5) is 0 Å². The maximum atomic E-state index is 10.9. The van der Waals surface area contributed by atoms with Crippen LogP contribution in [-0.2, 0) is 16.7 Å². The van der Waals surface area contributed by atoms with Crippen LogP contribution in [-0.4, -0.2) is 34.6 Å². The first-order valence-corrected chi connectivity index (χ1v) is 11.1. The molecule has 0 saturated heterocycles. The highest BCUT2D eigenvalue weighted by atomic mass is 79.9. The number of benzene rings is 2. The standard InChI is InChI=1S/C17H16BrN3O4S2/c18-13-6-7-15(22)12(10-13)11-19-20-17-21(8-3-9-27(23,24)25)14-4-1-2-5-16(14)26-17/h1-2,4-7,10-11,22H,3,8-9H2,(H,23,24,25)/p-1/b19-11+,20-17-. The normalized spacial score (nSPS) is 13.0. The maximum absolute atomic E-state index is 10.9. The number of hydrogen-bond acceptors (Lipinski definition) is 7. The topological polar surface area (TPSA) is 107 Å². The van der Waals surface area contributed by atoms with Crippen molar-refractivity contribution in [2.45, 2.75) is 13.0 Å². The van der Waals surface area contributed by atoms with Crippen LogP contribution < -0.4 is 4.80 Å². The number of hydrogen-bond donors (Lipinski definition) is 1. The van der Waals surface area contributed by atoms with E-state index in [2.05, 4.69) is 26.1 Å². The SMILES string of the molecule is O=S(=O)([O-])CCCn1/c(=N/N=C/c2cc(Br)ccc2O)sc2ccccc21. The third-order valence-electron chi connectivity index (χ3n) is 3.69. The molecule has 7 nitrogen and oxygen atoms in total. The Hall–Kier alpha value is -2.01. The second kappa shape index (κ2) is 8.34. The molecule has 0 radical (unpaired) electrons. The van der Waals surface area contributed by atoms with Crippen LogP contribution in [0.2, 0.25) is 0 Å². The van der Waals surface area contributed by atoms with Gasteiger partial charge in [-0.15, -0.1) is 5.10 Å². The maximum Gasteiger partial charge on any atom is 0.211 e. The van der Waals surface area contributed by atoms with Crippen molar-refractivity contribution in [3.05, 3.63) is 57.3 Å². The molecule has 142 valence electrons. The molecule has 1 aromatic heterocycles. The number of aromatic nitrogens is 1. The van der Waals surface area contributed by atoms with Gasteiger partial charge in [-0.2, -0.15) is 5.10 Å². The lowest BCUT2D eigenvalue weighted by Gasteiger charge is -2.07. The Bertz CT molecular complexity index is 1170. The molecule has 1 heterocycles. The molecule has 0 unspecified atom stereocenters. The van der Waals surface area contributed by atoms with Gasteiger partial charge in [0, 0.05) is 22.3 Å². The van der Waals surface area contributed by atoms with Crippen molar-refractivity contribution in [2.24, 2.45) is 10.2 Å². The molecule has 0 amide bonds. The van der Waals surface area contributed by atoms with Crippen molar-refractivity contribution < 1.29 is 18.1 Å². The fourth-order valence-corrected chi connectivity index (χ4v) is 4.36. The second-order valence-electron chi connectivity index (χ2n) is 5.67. The molecule has 27 heavy (non-hydrogen) atoms. The predicted molar refractivity (Wildman–Crippen MR) is 108 cm³/mol. The Morgan fingerprint density at radius 3 is 2.81 bits per heavy atom. The van der Waals surface area contributed by atoms with E-state index >= 15 is 0 Å². The van der Waals surface area contributed by atoms with Gasteiger partial charge in [-0.3, -0.25) is 0 Å². The van der Waals surface area contributed by atoms with E-state index in [-0.39, 0.29) is 12.2 Å². The first kappa shape index (κ1) is 19.7. The summed E-state index contributed by atoms with van der Waals surface area (Å²) in [4.78, 5) is 0.574. The summed E-state index contributed by atoms with van der Waals surface area (Å²) in [5, 5.41) is 18.1. The number of phenolic OH excluding ortho intramolecular Hbond substituents is 1. The Morgan fingerprint density at radius 1 is 1.26 bits per heavy atom. The number of nitrogens with zero attached hydrogens (tertiary/aromatic N) is 3. The summed E-state index contributed by atoms with van der Waals surface area (Å²) in [6.45, 7) is 0.335. The number of fused-ring (bicyclic) bond motifs is 1. The molecule has 0 aliphatic heterocycles. The zero-order valence-corrected chi connectivity index (χ0v) is 17.2. The van der Waals surface area contributed by atoms with Crippen molar-refractivity contribution in [2.75, 3.05) is 5.75 Å². The van der Waals surface area contributed by atoms with Crippen LogP contribution in [0.5, 0.6) is 5.75 Å². The number of thiazole rings is 1. The number of halogens is 1. The summed E-state index contributed by atoms with van der Waals surface area (Å²) in [5.41, 5.74) is 1.41. The molecule has 2 aromatic carbocycles. The molecule has 3 rings (SSSR count). The summed E-state index contributed by atoms with van der Waals surface area (Å²) in [7, 11) is -4.26. The minimum atomic E-state index is -4.26. The molecule has 0 aliphatic carbocycles. The minimum Gasteiger partial charge on any atom is -0.748 e. The van der Waals surface area contributed by atoms with Crippen LogP contribution in [0.3, 0.4) is 0 Å². The molecule has 0 bridgehead atoms. The Balaban J connectivity index is 1.95. The smallest absolute Gasteiger partial charge is 0.211 e. The highest BCUT2D eigenvalue weighted by molar-refractivity contribution is 9.10. The number of phenols is 1. The third-order valence-corrected chi connectivity index (χ3v) is 6.03. The zero-order chi connectivity index (χ0) is 19.4. The monoisotopic (exact) mass is 468 g/mol. The highest BCUT2D eigenvalue weighted by Crippen LogP contribution is 2.20. The van der Waals surface area contributed by atoms with Crippen molar-refractivity contribution in [3.8, 4) is 5.75 Å². The van der Waals surface area contributed by atoms with Gasteiger partial charge in [0.25, 0.3) is 0 Å². The van der Waals surface area contributed by atoms with Gasteiger partial charge < -0.3 is 14.2 Å². The predicted octanol–water partition coefficient (Wildman–Crippen LogP) is 3.04. The fourth-order valence-electron chi connectivity index (χ4n) is 2.48. The Morgan fingerprint density at radius 2 is 2.04 bits per heavy atom. The van der Waals surface area contributed by atoms with Gasteiger partial charge in [0.1, 0.15) is 5.75 Å². The van der Waals surface area contributed by atoms with Gasteiger partial charge in [0.2, 0.25) is 4.80 Å². The van der Waals surface area contributed by atoms with Gasteiger partial charge in [-0.25, -0.2) is 8.42 Å². The molecule has 3 aromatic rings. The largest absolute Gasteiger partial charge is 0.748 e. The van der Waals surface area contributed by atoms with E-state index in [1.807, 2.05) is 28.8 Å². The molecule has 0 aliphatic rings. The van der Waals surface area contributed by atoms with Crippen LogP contribution in [0, 0.1) is 0 Å². The van der Waals surface area contributed by atoms with Gasteiger partial charge in [-0.05, 0) is 36.8 Å². The Kier molecular flexibility index (Phi) is 6.10. The van der Waals surface area contributed by atoms with E-state index < -0.39 is 15.9 Å². The van der Waals surface area contributed by atoms with Crippen LogP contribution in [0.15, 0.2) is 57.1 Å². The summed E-state index contributed by atoms with van der Waals surface area (Å²) >= 11 is 4.74. The van der Waals surface area contributed by atoms with Crippen molar-refractivity contribution in [1.29, 1.82) is 0 Å². The minimum absolute atomic E-state index is 0.0852. The van der Waals surface area contributed by atoms with Gasteiger partial charge in [0.15, 0.2) is 0 Å². The quantitative estimate of drug-likeness (QED) is 0.340. The molecular weight excluding hydrogens is 454 g/mol. The lowest BCUT2D eigenvalue weighted by atomic mass is 10.2. The molecule has 0 spiro atoms. The second-order valence-corrected chi connectivity index (χ2v) is 9.12. The van der Waals surface area contributed by atoms with E-state index in [1.165, 1.54) is 17.6 Å². The lowest BCUT2D eigenvalue weighted by Crippen LogP contribution is -2.17. The lowest BCUT2D eigenvalue weighted by molar-refractivity contribution is 0.459. The summed E-state index contributed by atoms with van der Waals surface area (Å²) in [5.74, 6) is -0.347. The van der Waals surface area contributed by atoms with Gasteiger partial charge in [0.05, 0.1) is 26.5 Å². The van der Waals surface area contributed by atoms with Gasteiger partial charge in [-0.1, -0.05) is 39.4 Å². The van der Waals surface area contributed by atoms with Crippen LogP contribution in [0.25, 0.3) is 10.2 Å². The molecular formula is C17H15BrN3O4S2-. The van der Waals surface area contributed by atoms with E-state index in [1.54, 1.807) is 18.2 Å². The molecule has 1 N–H and O–H groups in total. The van der Waals surface area contributed by atoms with E-state index in [0.29, 0.717) is 16.9 Å². The Labute approximate surface area is 168 Å². The first-order valence-electron chi connectivity index (χ1n) is 7.91. The number of rotatable bonds is 6. The molecule has 0 fully saturated rings. The van der Waals surface area contributed by atoms with E-state index in [4.69, 9.17) is 0 Å². The van der Waals surface area contributed by atoms with Crippen molar-refractivity contribution in [1.82, 2.24) is 4.57 Å². The van der Waals surface area contributed by atoms with Gasteiger partial charge >= 0.3 is 0 Å². The van der Waals surface area contributed by atoms with Crippen LogP contribution >= 0.6 is 27.3 Å². The average Bonchev–Trinajstić information content (AvgIpc) is 2.95. The molecule has 0 atom stereocenters.